The fraction of sp³-hybridized carbons (Fsp3) is 0.120. The van der Waals surface area contributed by atoms with E-state index < -0.39 is 0 Å². The number of carbonyl (C=O) groups excluding carboxylic acids is 1. The lowest BCUT2D eigenvalue weighted by Crippen LogP contribution is -2.20. The summed E-state index contributed by atoms with van der Waals surface area (Å²) in [5.74, 6) is 1.84. The number of halogens is 2. The Morgan fingerprint density at radius 3 is 2.33 bits per heavy atom. The number of benzene rings is 3. The highest BCUT2D eigenvalue weighted by atomic mass is 35.5. The average molecular weight is 542 g/mol. The molecule has 0 aliphatic rings. The van der Waals surface area contributed by atoms with Crippen LogP contribution in [-0.4, -0.2) is 46.9 Å². The van der Waals surface area contributed by atoms with E-state index in [0.717, 1.165) is 22.7 Å². The van der Waals surface area contributed by atoms with Gasteiger partial charge in [0.25, 0.3) is 5.91 Å². The molecule has 8 nitrogen and oxygen atoms in total. The van der Waals surface area contributed by atoms with Crippen LogP contribution in [0.2, 0.25) is 10.0 Å². The summed E-state index contributed by atoms with van der Waals surface area (Å²) in [7, 11) is 3.22. The van der Waals surface area contributed by atoms with E-state index in [1.807, 2.05) is 53.1 Å². The summed E-state index contributed by atoms with van der Waals surface area (Å²) in [6.45, 7) is 0. The molecule has 0 saturated carbocycles. The molecule has 0 unspecified atom stereocenters. The van der Waals surface area contributed by atoms with Crippen LogP contribution in [0.25, 0.3) is 17.1 Å². The highest BCUT2D eigenvalue weighted by Gasteiger charge is 2.17. The standard InChI is InChI=1S/C25H21Cl2N5O3S/c1-34-19-10-6-16(7-11-19)24-30-31-25(32(24)18-8-12-20(35-2)13-9-18)36-15-22(33)29-28-14-17-4-3-5-21(26)23(17)27/h3-14H,15H2,1-2H3,(H,29,33). The third kappa shape index (κ3) is 5.99. The maximum Gasteiger partial charge on any atom is 0.250 e. The number of thioether (sulfide) groups is 1. The number of ether oxygens (including phenoxy) is 2. The van der Waals surface area contributed by atoms with Gasteiger partial charge in [-0.1, -0.05) is 47.1 Å². The first-order chi connectivity index (χ1) is 17.5. The molecule has 0 radical (unpaired) electrons. The molecule has 0 fully saturated rings. The molecule has 0 saturated heterocycles. The van der Waals surface area contributed by atoms with Crippen molar-refractivity contribution in [2.45, 2.75) is 5.16 Å². The molecule has 1 amide bonds. The number of rotatable bonds is 9. The van der Waals surface area contributed by atoms with E-state index in [2.05, 4.69) is 20.7 Å². The number of hydrogen-bond acceptors (Lipinski definition) is 7. The highest BCUT2D eigenvalue weighted by molar-refractivity contribution is 7.99. The van der Waals surface area contributed by atoms with Crippen molar-refractivity contribution in [3.05, 3.63) is 82.3 Å². The van der Waals surface area contributed by atoms with Crippen molar-refractivity contribution >= 4 is 47.1 Å². The first-order valence-corrected chi connectivity index (χ1v) is 12.4. The second kappa shape index (κ2) is 11.9. The van der Waals surface area contributed by atoms with E-state index in [1.165, 1.54) is 18.0 Å². The molecule has 4 rings (SSSR count). The Bertz CT molecular complexity index is 1380. The third-order valence-corrected chi connectivity index (χ3v) is 6.78. The van der Waals surface area contributed by atoms with Gasteiger partial charge in [-0.05, 0) is 54.6 Å². The number of amides is 1. The number of nitrogens with zero attached hydrogens (tertiary/aromatic N) is 4. The van der Waals surface area contributed by atoms with Gasteiger partial charge in [0.2, 0.25) is 0 Å². The molecular formula is C25H21Cl2N5O3S. The van der Waals surface area contributed by atoms with Gasteiger partial charge < -0.3 is 9.47 Å². The SMILES string of the molecule is COc1ccc(-c2nnc(SCC(=O)NN=Cc3cccc(Cl)c3Cl)n2-c2ccc(OC)cc2)cc1. The Morgan fingerprint density at radius 2 is 1.67 bits per heavy atom. The molecule has 4 aromatic rings. The van der Waals surface area contributed by atoms with Gasteiger partial charge in [-0.3, -0.25) is 9.36 Å². The highest BCUT2D eigenvalue weighted by Crippen LogP contribution is 2.30. The minimum atomic E-state index is -0.315. The summed E-state index contributed by atoms with van der Waals surface area (Å²) in [5, 5.41) is 14.0. The molecule has 0 bridgehead atoms. The zero-order chi connectivity index (χ0) is 25.5. The average Bonchev–Trinajstić information content (AvgIpc) is 3.34. The van der Waals surface area contributed by atoms with Crippen LogP contribution in [0.4, 0.5) is 0 Å². The second-order valence-corrected chi connectivity index (χ2v) is 9.02. The Hall–Kier alpha value is -3.53. The molecule has 11 heteroatoms. The predicted octanol–water partition coefficient (Wildman–Crippen LogP) is 5.50. The number of carbonyl (C=O) groups is 1. The zero-order valence-corrected chi connectivity index (χ0v) is 21.6. The second-order valence-electron chi connectivity index (χ2n) is 7.29. The maximum absolute atomic E-state index is 12.4. The van der Waals surface area contributed by atoms with Gasteiger partial charge in [-0.15, -0.1) is 10.2 Å². The monoisotopic (exact) mass is 541 g/mol. The molecule has 0 aliphatic heterocycles. The number of methoxy groups -OCH3 is 2. The van der Waals surface area contributed by atoms with Crippen LogP contribution in [0.15, 0.2) is 77.0 Å². The quantitative estimate of drug-likeness (QED) is 0.171. The molecular weight excluding hydrogens is 521 g/mol. The lowest BCUT2D eigenvalue weighted by molar-refractivity contribution is -0.118. The fourth-order valence-electron chi connectivity index (χ4n) is 3.21. The molecule has 36 heavy (non-hydrogen) atoms. The van der Waals surface area contributed by atoms with Gasteiger partial charge >= 0.3 is 0 Å². The van der Waals surface area contributed by atoms with E-state index in [-0.39, 0.29) is 11.7 Å². The summed E-state index contributed by atoms with van der Waals surface area (Å²) in [5.41, 5.74) is 4.76. The van der Waals surface area contributed by atoms with Crippen molar-refractivity contribution in [1.82, 2.24) is 20.2 Å². The van der Waals surface area contributed by atoms with Crippen LogP contribution < -0.4 is 14.9 Å². The largest absolute Gasteiger partial charge is 0.497 e. The third-order valence-electron chi connectivity index (χ3n) is 5.02. The van der Waals surface area contributed by atoms with E-state index >= 15 is 0 Å². The molecule has 0 spiro atoms. The number of hydrogen-bond donors (Lipinski definition) is 1. The summed E-state index contributed by atoms with van der Waals surface area (Å²) in [6.07, 6.45) is 1.44. The van der Waals surface area contributed by atoms with Crippen molar-refractivity contribution in [2.24, 2.45) is 5.10 Å². The fourth-order valence-corrected chi connectivity index (χ4v) is 4.31. The normalized spacial score (nSPS) is 11.0. The topological polar surface area (TPSA) is 90.6 Å². The molecule has 1 aromatic heterocycles. The smallest absolute Gasteiger partial charge is 0.250 e. The summed E-state index contributed by atoms with van der Waals surface area (Å²) >= 11 is 13.4. The molecule has 1 heterocycles. The van der Waals surface area contributed by atoms with Gasteiger partial charge in [-0.2, -0.15) is 5.10 Å². The summed E-state index contributed by atoms with van der Waals surface area (Å²) in [4.78, 5) is 12.4. The first kappa shape index (κ1) is 25.6. The van der Waals surface area contributed by atoms with Crippen molar-refractivity contribution < 1.29 is 14.3 Å². The van der Waals surface area contributed by atoms with E-state index in [9.17, 15) is 4.79 Å². The summed E-state index contributed by atoms with van der Waals surface area (Å²) < 4.78 is 12.4. The van der Waals surface area contributed by atoms with Crippen LogP contribution in [0, 0.1) is 0 Å². The Morgan fingerprint density at radius 1 is 1.00 bits per heavy atom. The van der Waals surface area contributed by atoms with Crippen molar-refractivity contribution in [1.29, 1.82) is 0 Å². The Balaban J connectivity index is 1.53. The number of nitrogens with one attached hydrogen (secondary N) is 1. The molecule has 1 N–H and O–H groups in total. The van der Waals surface area contributed by atoms with E-state index in [0.29, 0.717) is 26.6 Å². The minimum absolute atomic E-state index is 0.0670. The van der Waals surface area contributed by atoms with Gasteiger partial charge in [0.15, 0.2) is 11.0 Å². The first-order valence-electron chi connectivity index (χ1n) is 10.6. The van der Waals surface area contributed by atoms with Crippen molar-refractivity contribution in [3.8, 4) is 28.6 Å². The van der Waals surface area contributed by atoms with Gasteiger partial charge in [0.1, 0.15) is 11.5 Å². The molecule has 0 aliphatic carbocycles. The van der Waals surface area contributed by atoms with Crippen LogP contribution in [0.5, 0.6) is 11.5 Å². The van der Waals surface area contributed by atoms with Gasteiger partial charge in [0, 0.05) is 16.8 Å². The lowest BCUT2D eigenvalue weighted by atomic mass is 10.2. The van der Waals surface area contributed by atoms with Crippen LogP contribution in [-0.2, 0) is 4.79 Å². The Labute approximate surface area is 222 Å². The van der Waals surface area contributed by atoms with Crippen LogP contribution in [0.3, 0.4) is 0 Å². The zero-order valence-electron chi connectivity index (χ0n) is 19.3. The Kier molecular flexibility index (Phi) is 8.48. The maximum atomic E-state index is 12.4. The number of hydrazone groups is 1. The minimum Gasteiger partial charge on any atom is -0.497 e. The van der Waals surface area contributed by atoms with Crippen molar-refractivity contribution in [3.63, 3.8) is 0 Å². The van der Waals surface area contributed by atoms with Crippen molar-refractivity contribution in [2.75, 3.05) is 20.0 Å². The van der Waals surface area contributed by atoms with E-state index in [1.54, 1.807) is 32.4 Å². The molecule has 3 aromatic carbocycles. The molecule has 184 valence electrons. The van der Waals surface area contributed by atoms with Gasteiger partial charge in [-0.25, -0.2) is 5.43 Å². The molecule has 0 atom stereocenters. The van der Waals surface area contributed by atoms with Crippen LogP contribution >= 0.6 is 35.0 Å². The van der Waals surface area contributed by atoms with Gasteiger partial charge in [0.05, 0.1) is 36.2 Å². The lowest BCUT2D eigenvalue weighted by Gasteiger charge is -2.11. The number of aromatic nitrogens is 3. The van der Waals surface area contributed by atoms with E-state index in [4.69, 9.17) is 32.7 Å². The summed E-state index contributed by atoms with van der Waals surface area (Å²) in [6, 6.07) is 20.2. The predicted molar refractivity (Wildman–Crippen MR) is 143 cm³/mol. The van der Waals surface area contributed by atoms with Crippen LogP contribution in [0.1, 0.15) is 5.56 Å².